The van der Waals surface area contributed by atoms with E-state index in [9.17, 15) is 5.26 Å². The van der Waals surface area contributed by atoms with Gasteiger partial charge in [0.1, 0.15) is 11.4 Å². The van der Waals surface area contributed by atoms with E-state index in [0.29, 0.717) is 35.8 Å². The molecule has 0 bridgehead atoms. The van der Waals surface area contributed by atoms with Gasteiger partial charge in [-0.25, -0.2) is 14.6 Å². The van der Waals surface area contributed by atoms with Crippen molar-refractivity contribution in [3.8, 4) is 28.7 Å². The minimum Gasteiger partial charge on any atom is -0.378 e. The average Bonchev–Trinajstić information content (AvgIpc) is 3.24. The molecule has 0 unspecified atom stereocenters. The summed E-state index contributed by atoms with van der Waals surface area (Å²) in [5.41, 5.74) is 11.7. The minimum atomic E-state index is 0.126. The Hall–Kier alpha value is -4.16. The standard InChI is InChI=1S/C22H20N8O/c1-14-20(16-6-3-5-15(9-16)10-23)26-22(24)27-21(14)19-12-30(29-28-19)11-17-7-4-8-18(25-17)13-31-2/h3-9,12H,11,13H2,1-2H3,(H2,24,26,27). The number of hydrogen-bond donors (Lipinski definition) is 1. The van der Waals surface area contributed by atoms with E-state index in [1.54, 1.807) is 30.1 Å². The predicted octanol–water partition coefficient (Wildman–Crippen LogP) is 2.75. The molecule has 4 rings (SSSR count). The highest BCUT2D eigenvalue weighted by molar-refractivity contribution is 5.73. The fourth-order valence-electron chi connectivity index (χ4n) is 3.30. The van der Waals surface area contributed by atoms with Crippen LogP contribution in [-0.2, 0) is 17.9 Å². The number of nitriles is 1. The fourth-order valence-corrected chi connectivity index (χ4v) is 3.30. The second-order valence-corrected chi connectivity index (χ2v) is 6.95. The van der Waals surface area contributed by atoms with Gasteiger partial charge in [-0.2, -0.15) is 5.26 Å². The van der Waals surface area contributed by atoms with Crippen molar-refractivity contribution in [2.45, 2.75) is 20.1 Å². The molecule has 1 aromatic carbocycles. The van der Waals surface area contributed by atoms with Gasteiger partial charge in [-0.1, -0.05) is 23.4 Å². The molecule has 0 aliphatic heterocycles. The average molecular weight is 412 g/mol. The van der Waals surface area contributed by atoms with Crippen molar-refractivity contribution in [1.82, 2.24) is 29.9 Å². The SMILES string of the molecule is COCc1cccc(Cn2cc(-c3nc(N)nc(-c4cccc(C#N)c4)c3C)nn2)n1. The first-order chi connectivity index (χ1) is 15.1. The molecule has 0 saturated heterocycles. The number of hydrogen-bond acceptors (Lipinski definition) is 8. The molecule has 0 atom stereocenters. The van der Waals surface area contributed by atoms with Gasteiger partial charge in [-0.15, -0.1) is 5.10 Å². The highest BCUT2D eigenvalue weighted by atomic mass is 16.5. The van der Waals surface area contributed by atoms with E-state index in [1.807, 2.05) is 37.3 Å². The lowest BCUT2D eigenvalue weighted by Crippen LogP contribution is -2.04. The van der Waals surface area contributed by atoms with Crippen LogP contribution in [0.1, 0.15) is 22.5 Å². The van der Waals surface area contributed by atoms with Crippen LogP contribution in [-0.4, -0.2) is 37.1 Å². The van der Waals surface area contributed by atoms with Crippen LogP contribution < -0.4 is 5.73 Å². The summed E-state index contributed by atoms with van der Waals surface area (Å²) in [5, 5.41) is 17.7. The van der Waals surface area contributed by atoms with Crippen molar-refractivity contribution in [2.24, 2.45) is 0 Å². The molecule has 0 fully saturated rings. The molecule has 9 nitrogen and oxygen atoms in total. The molecular weight excluding hydrogens is 392 g/mol. The number of aromatic nitrogens is 6. The molecule has 154 valence electrons. The first kappa shape index (κ1) is 20.1. The van der Waals surface area contributed by atoms with Gasteiger partial charge in [0.2, 0.25) is 5.95 Å². The van der Waals surface area contributed by atoms with Crippen molar-refractivity contribution in [1.29, 1.82) is 5.26 Å². The number of ether oxygens (including phenoxy) is 1. The van der Waals surface area contributed by atoms with E-state index >= 15 is 0 Å². The summed E-state index contributed by atoms with van der Waals surface area (Å²) < 4.78 is 6.84. The first-order valence-corrected chi connectivity index (χ1v) is 9.56. The second kappa shape index (κ2) is 8.69. The molecule has 3 heterocycles. The fraction of sp³-hybridized carbons (Fsp3) is 0.182. The minimum absolute atomic E-state index is 0.126. The van der Waals surface area contributed by atoms with Crippen molar-refractivity contribution in [3.05, 3.63) is 71.2 Å². The zero-order chi connectivity index (χ0) is 21.8. The van der Waals surface area contributed by atoms with Crippen molar-refractivity contribution in [2.75, 3.05) is 12.8 Å². The normalized spacial score (nSPS) is 10.7. The third-order valence-corrected chi connectivity index (χ3v) is 4.69. The molecule has 2 N–H and O–H groups in total. The molecule has 0 radical (unpaired) electrons. The van der Waals surface area contributed by atoms with Crippen LogP contribution in [0.5, 0.6) is 0 Å². The van der Waals surface area contributed by atoms with Crippen LogP contribution in [0.4, 0.5) is 5.95 Å². The number of anilines is 1. The Morgan fingerprint density at radius 2 is 1.84 bits per heavy atom. The maximum atomic E-state index is 9.20. The number of benzene rings is 1. The predicted molar refractivity (Wildman–Crippen MR) is 114 cm³/mol. The highest BCUT2D eigenvalue weighted by Crippen LogP contribution is 2.29. The quantitative estimate of drug-likeness (QED) is 0.512. The lowest BCUT2D eigenvalue weighted by Gasteiger charge is -2.10. The summed E-state index contributed by atoms with van der Waals surface area (Å²) in [4.78, 5) is 13.3. The summed E-state index contributed by atoms with van der Waals surface area (Å²) in [7, 11) is 1.64. The first-order valence-electron chi connectivity index (χ1n) is 9.56. The highest BCUT2D eigenvalue weighted by Gasteiger charge is 2.16. The van der Waals surface area contributed by atoms with Crippen LogP contribution in [0.15, 0.2) is 48.7 Å². The zero-order valence-electron chi connectivity index (χ0n) is 17.1. The number of nitrogens with two attached hydrogens (primary N) is 1. The van der Waals surface area contributed by atoms with Crippen molar-refractivity contribution in [3.63, 3.8) is 0 Å². The van der Waals surface area contributed by atoms with Crippen LogP contribution in [0.3, 0.4) is 0 Å². The monoisotopic (exact) mass is 412 g/mol. The lowest BCUT2D eigenvalue weighted by atomic mass is 10.0. The number of methoxy groups -OCH3 is 1. The molecular formula is C22H20N8O. The Balaban J connectivity index is 1.66. The number of pyridine rings is 1. The van der Waals surface area contributed by atoms with Gasteiger partial charge in [0.15, 0.2) is 0 Å². The molecule has 4 aromatic rings. The van der Waals surface area contributed by atoms with Gasteiger partial charge in [0.25, 0.3) is 0 Å². The smallest absolute Gasteiger partial charge is 0.221 e. The third-order valence-electron chi connectivity index (χ3n) is 4.69. The van der Waals surface area contributed by atoms with E-state index < -0.39 is 0 Å². The molecule has 31 heavy (non-hydrogen) atoms. The van der Waals surface area contributed by atoms with E-state index in [2.05, 4.69) is 31.3 Å². The Bertz CT molecular complexity index is 1270. The molecule has 9 heteroatoms. The van der Waals surface area contributed by atoms with Crippen LogP contribution in [0.25, 0.3) is 22.6 Å². The lowest BCUT2D eigenvalue weighted by molar-refractivity contribution is 0.181. The summed E-state index contributed by atoms with van der Waals surface area (Å²) in [6.07, 6.45) is 1.80. The molecule has 0 aliphatic carbocycles. The summed E-state index contributed by atoms with van der Waals surface area (Å²) in [6.45, 7) is 2.81. The maximum Gasteiger partial charge on any atom is 0.221 e. The Labute approximate surface area is 179 Å². The summed E-state index contributed by atoms with van der Waals surface area (Å²) in [5.74, 6) is 0.126. The largest absolute Gasteiger partial charge is 0.378 e. The van der Waals surface area contributed by atoms with E-state index in [-0.39, 0.29) is 5.95 Å². The van der Waals surface area contributed by atoms with Crippen LogP contribution >= 0.6 is 0 Å². The van der Waals surface area contributed by atoms with Crippen LogP contribution in [0, 0.1) is 18.3 Å². The van der Waals surface area contributed by atoms with Crippen LogP contribution in [0.2, 0.25) is 0 Å². The van der Waals surface area contributed by atoms with Gasteiger partial charge in [-0.3, -0.25) is 4.98 Å². The van der Waals surface area contributed by atoms with Crippen molar-refractivity contribution < 1.29 is 4.74 Å². The van der Waals surface area contributed by atoms with Crippen molar-refractivity contribution >= 4 is 5.95 Å². The number of nitrogen functional groups attached to an aromatic ring is 1. The van der Waals surface area contributed by atoms with Gasteiger partial charge in [-0.05, 0) is 31.2 Å². The molecule has 3 aromatic heterocycles. The zero-order valence-corrected chi connectivity index (χ0v) is 17.1. The molecule has 0 saturated carbocycles. The summed E-state index contributed by atoms with van der Waals surface area (Å²) in [6, 6.07) is 15.1. The van der Waals surface area contributed by atoms with Gasteiger partial charge >= 0.3 is 0 Å². The molecule has 0 aliphatic rings. The topological polar surface area (TPSA) is 128 Å². The number of nitrogens with zero attached hydrogens (tertiary/aromatic N) is 7. The maximum absolute atomic E-state index is 9.20. The third kappa shape index (κ3) is 4.39. The molecule has 0 spiro atoms. The van der Waals surface area contributed by atoms with Gasteiger partial charge in [0, 0.05) is 18.2 Å². The second-order valence-electron chi connectivity index (χ2n) is 6.95. The van der Waals surface area contributed by atoms with E-state index in [4.69, 9.17) is 10.5 Å². The Kier molecular flexibility index (Phi) is 5.64. The van der Waals surface area contributed by atoms with Gasteiger partial charge < -0.3 is 10.5 Å². The van der Waals surface area contributed by atoms with Gasteiger partial charge in [0.05, 0.1) is 48.1 Å². The molecule has 0 amide bonds. The summed E-state index contributed by atoms with van der Waals surface area (Å²) >= 11 is 0. The Morgan fingerprint density at radius 3 is 2.65 bits per heavy atom. The van der Waals surface area contributed by atoms with E-state index in [1.165, 1.54) is 0 Å². The Morgan fingerprint density at radius 1 is 1.06 bits per heavy atom. The number of rotatable bonds is 6. The van der Waals surface area contributed by atoms with E-state index in [0.717, 1.165) is 22.5 Å².